The topological polar surface area (TPSA) is 115 Å². The van der Waals surface area contributed by atoms with Gasteiger partial charge >= 0.3 is 0 Å². The van der Waals surface area contributed by atoms with Crippen LogP contribution < -0.4 is 10.1 Å². The zero-order chi connectivity index (χ0) is 20.3. The highest BCUT2D eigenvalue weighted by Crippen LogP contribution is 2.39. The third kappa shape index (κ3) is 3.57. The molecule has 3 rings (SSSR count). The Labute approximate surface area is 160 Å². The van der Waals surface area contributed by atoms with Gasteiger partial charge in [-0.1, -0.05) is 19.1 Å². The number of ether oxygens (including phenoxy) is 1. The number of phenols is 1. The third-order valence-electron chi connectivity index (χ3n) is 4.46. The maximum absolute atomic E-state index is 12.1. The number of pyridine rings is 1. The van der Waals surface area contributed by atoms with Crippen LogP contribution >= 0.6 is 0 Å². The highest BCUT2D eigenvalue weighted by Gasteiger charge is 2.26. The van der Waals surface area contributed by atoms with Crippen LogP contribution in [0.4, 0.5) is 5.69 Å². The molecule has 8 nitrogen and oxygen atoms in total. The fourth-order valence-corrected chi connectivity index (χ4v) is 3.00. The molecule has 0 fully saturated rings. The Balaban J connectivity index is 2.23. The van der Waals surface area contributed by atoms with Crippen LogP contribution in [0.5, 0.6) is 11.5 Å². The fraction of sp³-hybridized carbons (Fsp3) is 0.200. The van der Waals surface area contributed by atoms with Gasteiger partial charge in [-0.2, -0.15) is 0 Å². The summed E-state index contributed by atoms with van der Waals surface area (Å²) >= 11 is 0. The van der Waals surface area contributed by atoms with Gasteiger partial charge in [0.2, 0.25) is 5.91 Å². The Morgan fingerprint density at radius 2 is 2.04 bits per heavy atom. The minimum atomic E-state index is -0.788. The first-order chi connectivity index (χ1) is 13.5. The van der Waals surface area contributed by atoms with E-state index in [9.17, 15) is 20.0 Å². The van der Waals surface area contributed by atoms with E-state index in [4.69, 9.17) is 4.74 Å². The molecule has 0 saturated carbocycles. The van der Waals surface area contributed by atoms with Gasteiger partial charge in [0.15, 0.2) is 0 Å². The predicted molar refractivity (Wildman–Crippen MR) is 103 cm³/mol. The van der Waals surface area contributed by atoms with Gasteiger partial charge in [-0.15, -0.1) is 0 Å². The second kappa shape index (κ2) is 7.91. The molecule has 0 aliphatic rings. The molecule has 0 radical (unpaired) electrons. The molecule has 1 heterocycles. The number of nitrogens with one attached hydrogen (secondary N) is 1. The van der Waals surface area contributed by atoms with E-state index < -0.39 is 11.0 Å². The number of phenolic OH excluding ortho intramolecular Hbond substituents is 1. The van der Waals surface area contributed by atoms with Gasteiger partial charge in [-0.3, -0.25) is 19.9 Å². The number of aromatic hydroxyl groups is 1. The number of carbonyl (C=O) groups is 1. The summed E-state index contributed by atoms with van der Waals surface area (Å²) in [6.45, 7) is 1.70. The summed E-state index contributed by atoms with van der Waals surface area (Å²) in [6.07, 6.45) is 1.67. The number of methoxy groups -OCH3 is 1. The number of amides is 1. The Morgan fingerprint density at radius 3 is 2.64 bits per heavy atom. The Morgan fingerprint density at radius 1 is 1.32 bits per heavy atom. The minimum absolute atomic E-state index is 0.107. The third-order valence-corrected chi connectivity index (χ3v) is 4.46. The van der Waals surface area contributed by atoms with E-state index in [0.717, 1.165) is 0 Å². The average molecular weight is 381 g/mol. The van der Waals surface area contributed by atoms with Gasteiger partial charge < -0.3 is 15.2 Å². The van der Waals surface area contributed by atoms with Crippen molar-refractivity contribution in [2.75, 3.05) is 7.11 Å². The van der Waals surface area contributed by atoms with E-state index in [2.05, 4.69) is 10.3 Å². The second-order valence-electron chi connectivity index (χ2n) is 6.12. The first-order valence-electron chi connectivity index (χ1n) is 8.64. The molecule has 1 atom stereocenters. The number of hydrogen-bond acceptors (Lipinski definition) is 6. The van der Waals surface area contributed by atoms with E-state index in [1.165, 1.54) is 25.4 Å². The number of non-ortho nitro benzene ring substituents is 1. The summed E-state index contributed by atoms with van der Waals surface area (Å²) in [5, 5.41) is 25.4. The summed E-state index contributed by atoms with van der Waals surface area (Å²) < 4.78 is 5.15. The van der Waals surface area contributed by atoms with Crippen molar-refractivity contribution in [2.24, 2.45) is 0 Å². The zero-order valence-corrected chi connectivity index (χ0v) is 15.4. The summed E-state index contributed by atoms with van der Waals surface area (Å²) in [5.74, 6) is 0.155. The van der Waals surface area contributed by atoms with Crippen LogP contribution in [0, 0.1) is 10.1 Å². The van der Waals surface area contributed by atoms with E-state index >= 15 is 0 Å². The molecule has 1 amide bonds. The summed E-state index contributed by atoms with van der Waals surface area (Å²) in [6, 6.07) is 10.5. The Bertz CT molecular complexity index is 1030. The molecule has 0 aliphatic carbocycles. The van der Waals surface area contributed by atoms with Crippen LogP contribution in [-0.2, 0) is 4.79 Å². The Kier molecular flexibility index (Phi) is 5.39. The number of aromatic nitrogens is 1. The van der Waals surface area contributed by atoms with Gasteiger partial charge in [-0.25, -0.2) is 0 Å². The fourth-order valence-electron chi connectivity index (χ4n) is 3.00. The van der Waals surface area contributed by atoms with Crippen molar-refractivity contribution in [3.63, 3.8) is 0 Å². The van der Waals surface area contributed by atoms with Gasteiger partial charge in [-0.05, 0) is 29.8 Å². The molecule has 1 unspecified atom stereocenters. The maximum Gasteiger partial charge on any atom is 0.279 e. The monoisotopic (exact) mass is 381 g/mol. The molecule has 0 bridgehead atoms. The maximum atomic E-state index is 12.1. The van der Waals surface area contributed by atoms with Gasteiger partial charge in [0.05, 0.1) is 23.5 Å². The number of fused-ring (bicyclic) bond motifs is 1. The molecule has 1 aromatic heterocycles. The average Bonchev–Trinajstić information content (AvgIpc) is 2.72. The molecular formula is C20H19N3O5. The van der Waals surface area contributed by atoms with Crippen molar-refractivity contribution in [3.8, 4) is 11.5 Å². The van der Waals surface area contributed by atoms with Crippen molar-refractivity contribution in [3.05, 3.63) is 69.9 Å². The summed E-state index contributed by atoms with van der Waals surface area (Å²) in [5.41, 5.74) is 0.753. The molecule has 8 heteroatoms. The number of nitrogens with zero attached hydrogens (tertiary/aromatic N) is 2. The number of hydrogen-bond donors (Lipinski definition) is 2. The molecular weight excluding hydrogens is 362 g/mol. The van der Waals surface area contributed by atoms with E-state index in [-0.39, 0.29) is 40.2 Å². The van der Waals surface area contributed by atoms with E-state index in [0.29, 0.717) is 11.3 Å². The van der Waals surface area contributed by atoms with Crippen molar-refractivity contribution < 1.29 is 19.6 Å². The van der Waals surface area contributed by atoms with Crippen molar-refractivity contribution in [2.45, 2.75) is 19.4 Å². The smallest absolute Gasteiger partial charge is 0.279 e. The van der Waals surface area contributed by atoms with Gasteiger partial charge in [0.1, 0.15) is 17.0 Å². The van der Waals surface area contributed by atoms with Crippen molar-refractivity contribution in [1.82, 2.24) is 10.3 Å². The normalized spacial score (nSPS) is 11.8. The standard InChI is InChI=1S/C20H19N3O5/c1-3-17(24)22-18(12-6-8-13(28-2)9-7-12)15-11-16(23(26)27)14-5-4-10-21-19(14)20(15)25/h4-11,18,25H,3H2,1-2H3,(H,22,24). The minimum Gasteiger partial charge on any atom is -0.505 e. The van der Waals surface area contributed by atoms with Crippen LogP contribution in [0.2, 0.25) is 0 Å². The summed E-state index contributed by atoms with van der Waals surface area (Å²) in [4.78, 5) is 27.3. The van der Waals surface area contributed by atoms with Crippen LogP contribution in [0.1, 0.15) is 30.5 Å². The highest BCUT2D eigenvalue weighted by atomic mass is 16.6. The molecule has 2 aromatic carbocycles. The predicted octanol–water partition coefficient (Wildman–Crippen LogP) is 3.47. The van der Waals surface area contributed by atoms with Crippen LogP contribution in [0.25, 0.3) is 10.9 Å². The van der Waals surface area contributed by atoms with Crippen LogP contribution in [0.3, 0.4) is 0 Å². The first-order valence-corrected chi connectivity index (χ1v) is 8.64. The number of nitro groups is 1. The van der Waals surface area contributed by atoms with Crippen molar-refractivity contribution in [1.29, 1.82) is 0 Å². The van der Waals surface area contributed by atoms with Crippen LogP contribution in [-0.4, -0.2) is 28.0 Å². The summed E-state index contributed by atoms with van der Waals surface area (Å²) in [7, 11) is 1.54. The molecule has 0 spiro atoms. The highest BCUT2D eigenvalue weighted by molar-refractivity contribution is 5.94. The lowest BCUT2D eigenvalue weighted by Crippen LogP contribution is -2.28. The zero-order valence-electron chi connectivity index (χ0n) is 15.4. The molecule has 0 aliphatic heterocycles. The van der Waals surface area contributed by atoms with E-state index in [1.54, 1.807) is 37.3 Å². The number of carbonyl (C=O) groups excluding carboxylic acids is 1. The SMILES string of the molecule is CCC(=O)NC(c1ccc(OC)cc1)c1cc([N+](=O)[O-])c2cccnc2c1O. The van der Waals surface area contributed by atoms with Crippen molar-refractivity contribution >= 4 is 22.5 Å². The molecule has 0 saturated heterocycles. The quantitative estimate of drug-likeness (QED) is 0.499. The number of benzene rings is 2. The van der Waals surface area contributed by atoms with Gasteiger partial charge in [0, 0.05) is 24.2 Å². The Hall–Kier alpha value is -3.68. The second-order valence-corrected chi connectivity index (χ2v) is 6.12. The molecule has 28 heavy (non-hydrogen) atoms. The molecule has 3 aromatic rings. The van der Waals surface area contributed by atoms with Crippen LogP contribution in [0.15, 0.2) is 48.7 Å². The largest absolute Gasteiger partial charge is 0.505 e. The lowest BCUT2D eigenvalue weighted by atomic mass is 9.95. The van der Waals surface area contributed by atoms with E-state index in [1.807, 2.05) is 0 Å². The lowest BCUT2D eigenvalue weighted by molar-refractivity contribution is -0.383. The number of rotatable bonds is 6. The van der Waals surface area contributed by atoms with Gasteiger partial charge in [0.25, 0.3) is 5.69 Å². The molecule has 2 N–H and O–H groups in total. The first kappa shape index (κ1) is 19.1. The lowest BCUT2D eigenvalue weighted by Gasteiger charge is -2.21. The number of nitro benzene ring substituents is 1. The molecule has 144 valence electrons.